The van der Waals surface area contributed by atoms with Crippen molar-refractivity contribution in [1.82, 2.24) is 5.32 Å². The molecule has 0 spiro atoms. The van der Waals surface area contributed by atoms with Crippen LogP contribution in [0.1, 0.15) is 22.6 Å². The Hall–Kier alpha value is -2.20. The topological polar surface area (TPSA) is 39.7 Å². The fourth-order valence-corrected chi connectivity index (χ4v) is 3.60. The van der Waals surface area contributed by atoms with Crippen LogP contribution in [0.3, 0.4) is 0 Å². The molecular formula is C17H15NO3. The molecule has 0 saturated heterocycles. The van der Waals surface area contributed by atoms with E-state index in [0.29, 0.717) is 25.4 Å². The number of hydrogen-bond donors (Lipinski definition) is 1. The van der Waals surface area contributed by atoms with E-state index in [2.05, 4.69) is 35.6 Å². The fraction of sp³-hybridized carbons (Fsp3) is 0.294. The van der Waals surface area contributed by atoms with Gasteiger partial charge in [0, 0.05) is 24.1 Å². The summed E-state index contributed by atoms with van der Waals surface area (Å²) >= 11 is 0. The Kier molecular flexibility index (Phi) is 2.26. The lowest BCUT2D eigenvalue weighted by Gasteiger charge is -2.39. The maximum atomic E-state index is 5.94. The Balaban J connectivity index is 1.71. The molecule has 3 aliphatic heterocycles. The zero-order valence-corrected chi connectivity index (χ0v) is 11.5. The van der Waals surface area contributed by atoms with E-state index in [1.165, 1.54) is 16.7 Å². The highest BCUT2D eigenvalue weighted by Gasteiger charge is 2.37. The third-order valence-electron chi connectivity index (χ3n) is 4.61. The predicted molar refractivity (Wildman–Crippen MR) is 77.0 cm³/mol. The molecule has 0 aromatic heterocycles. The summed E-state index contributed by atoms with van der Waals surface area (Å²) < 4.78 is 16.9. The number of benzene rings is 2. The van der Waals surface area contributed by atoms with E-state index in [9.17, 15) is 0 Å². The minimum Gasteiger partial charge on any atom is -0.491 e. The van der Waals surface area contributed by atoms with Crippen LogP contribution in [-0.2, 0) is 6.54 Å². The smallest absolute Gasteiger partial charge is 0.231 e. The van der Waals surface area contributed by atoms with E-state index in [0.717, 1.165) is 23.8 Å². The summed E-state index contributed by atoms with van der Waals surface area (Å²) in [5.74, 6) is 2.83. The van der Waals surface area contributed by atoms with Crippen molar-refractivity contribution in [3.63, 3.8) is 0 Å². The number of ether oxygens (including phenoxy) is 3. The lowest BCUT2D eigenvalue weighted by atomic mass is 9.78. The van der Waals surface area contributed by atoms with Crippen molar-refractivity contribution in [2.24, 2.45) is 0 Å². The molecule has 3 heterocycles. The first-order valence-electron chi connectivity index (χ1n) is 7.28. The lowest BCUT2D eigenvalue weighted by Crippen LogP contribution is -2.46. The van der Waals surface area contributed by atoms with Crippen LogP contribution in [0.25, 0.3) is 0 Å². The molecule has 0 amide bonds. The molecule has 0 radical (unpaired) electrons. The van der Waals surface area contributed by atoms with Gasteiger partial charge in [0.25, 0.3) is 0 Å². The Labute approximate surface area is 122 Å². The van der Waals surface area contributed by atoms with Crippen molar-refractivity contribution in [3.05, 3.63) is 53.1 Å². The van der Waals surface area contributed by atoms with Crippen LogP contribution in [-0.4, -0.2) is 19.4 Å². The average molecular weight is 281 g/mol. The van der Waals surface area contributed by atoms with Gasteiger partial charge < -0.3 is 19.5 Å². The second-order valence-electron chi connectivity index (χ2n) is 5.72. The van der Waals surface area contributed by atoms with Gasteiger partial charge in [-0.2, -0.15) is 0 Å². The van der Waals surface area contributed by atoms with Crippen LogP contribution in [0.15, 0.2) is 36.4 Å². The van der Waals surface area contributed by atoms with Gasteiger partial charge in [-0.15, -0.1) is 0 Å². The van der Waals surface area contributed by atoms with Crippen molar-refractivity contribution in [2.45, 2.75) is 18.5 Å². The van der Waals surface area contributed by atoms with E-state index in [-0.39, 0.29) is 0 Å². The van der Waals surface area contributed by atoms with Crippen LogP contribution in [0.5, 0.6) is 17.2 Å². The van der Waals surface area contributed by atoms with Crippen molar-refractivity contribution in [1.29, 1.82) is 0 Å². The summed E-state index contributed by atoms with van der Waals surface area (Å²) in [5.41, 5.74) is 3.95. The third kappa shape index (κ3) is 1.59. The summed E-state index contributed by atoms with van der Waals surface area (Å²) in [6, 6.07) is 13.0. The molecule has 4 nitrogen and oxygen atoms in total. The van der Waals surface area contributed by atoms with Gasteiger partial charge in [0.2, 0.25) is 6.79 Å². The Bertz CT molecular complexity index is 728. The minimum absolute atomic E-state index is 0.293. The number of nitrogens with one attached hydrogen (secondary N) is 1. The summed E-state index contributed by atoms with van der Waals surface area (Å²) in [7, 11) is 0. The van der Waals surface area contributed by atoms with Gasteiger partial charge in [-0.05, 0) is 17.2 Å². The highest BCUT2D eigenvalue weighted by atomic mass is 16.7. The summed E-state index contributed by atoms with van der Waals surface area (Å²) in [6.45, 7) is 1.88. The molecule has 106 valence electrons. The quantitative estimate of drug-likeness (QED) is 0.805. The highest BCUT2D eigenvalue weighted by molar-refractivity contribution is 5.57. The number of rotatable bonds is 0. The normalized spacial score (nSPS) is 24.6. The molecule has 0 bridgehead atoms. The molecule has 2 atom stereocenters. The maximum absolute atomic E-state index is 5.94. The highest BCUT2D eigenvalue weighted by Crippen LogP contribution is 2.47. The molecule has 0 aliphatic carbocycles. The Morgan fingerprint density at radius 2 is 1.76 bits per heavy atom. The molecule has 0 saturated carbocycles. The maximum Gasteiger partial charge on any atom is 0.231 e. The van der Waals surface area contributed by atoms with Gasteiger partial charge in [-0.25, -0.2) is 0 Å². The molecular weight excluding hydrogens is 266 g/mol. The second-order valence-corrected chi connectivity index (χ2v) is 5.72. The van der Waals surface area contributed by atoms with Gasteiger partial charge in [0.15, 0.2) is 11.5 Å². The van der Waals surface area contributed by atoms with Crippen LogP contribution < -0.4 is 19.5 Å². The number of fused-ring (bicyclic) bond motifs is 6. The van der Waals surface area contributed by atoms with Crippen LogP contribution in [0.2, 0.25) is 0 Å². The first-order valence-corrected chi connectivity index (χ1v) is 7.28. The monoisotopic (exact) mass is 281 g/mol. The summed E-state index contributed by atoms with van der Waals surface area (Å²) in [6.07, 6.45) is 0. The Morgan fingerprint density at radius 1 is 0.905 bits per heavy atom. The van der Waals surface area contributed by atoms with Crippen molar-refractivity contribution in [3.8, 4) is 17.2 Å². The van der Waals surface area contributed by atoms with Gasteiger partial charge >= 0.3 is 0 Å². The predicted octanol–water partition coefficient (Wildman–Crippen LogP) is 2.41. The first-order chi connectivity index (χ1) is 10.4. The molecule has 3 aliphatic rings. The molecule has 1 N–H and O–H groups in total. The van der Waals surface area contributed by atoms with Crippen molar-refractivity contribution < 1.29 is 14.2 Å². The van der Waals surface area contributed by atoms with E-state index < -0.39 is 0 Å². The molecule has 4 heteroatoms. The lowest BCUT2D eigenvalue weighted by molar-refractivity contribution is 0.173. The van der Waals surface area contributed by atoms with Crippen LogP contribution in [0, 0.1) is 0 Å². The largest absolute Gasteiger partial charge is 0.491 e. The first kappa shape index (κ1) is 11.5. The van der Waals surface area contributed by atoms with Crippen LogP contribution in [0.4, 0.5) is 0 Å². The second kappa shape index (κ2) is 4.15. The fourth-order valence-electron chi connectivity index (χ4n) is 3.60. The zero-order chi connectivity index (χ0) is 13.8. The summed E-state index contributed by atoms with van der Waals surface area (Å²) in [4.78, 5) is 0. The van der Waals surface area contributed by atoms with Crippen LogP contribution >= 0.6 is 0 Å². The molecule has 21 heavy (non-hydrogen) atoms. The van der Waals surface area contributed by atoms with Gasteiger partial charge in [0.05, 0.1) is 6.04 Å². The molecule has 2 unspecified atom stereocenters. The standard InChI is InChI=1S/C17H15NO3/c1-2-4-11-10(3-1)7-18-13-8-19-14-6-16-15(20-9-21-16)5-12(14)17(11)13/h1-6,13,17-18H,7-9H2. The molecule has 0 fully saturated rings. The molecule has 5 rings (SSSR count). The Morgan fingerprint density at radius 3 is 2.71 bits per heavy atom. The SMILES string of the molecule is c1ccc2c(c1)CNC1COc3cc4c(cc3C21)OCO4. The minimum atomic E-state index is 0.293. The van der Waals surface area contributed by atoms with Gasteiger partial charge in [-0.3, -0.25) is 0 Å². The van der Waals surface area contributed by atoms with E-state index in [1.54, 1.807) is 0 Å². The summed E-state index contributed by atoms with van der Waals surface area (Å²) in [5, 5.41) is 3.59. The van der Waals surface area contributed by atoms with E-state index in [1.807, 2.05) is 6.07 Å². The van der Waals surface area contributed by atoms with Crippen molar-refractivity contribution in [2.75, 3.05) is 13.4 Å². The zero-order valence-electron chi connectivity index (χ0n) is 11.5. The van der Waals surface area contributed by atoms with Gasteiger partial charge in [-0.1, -0.05) is 24.3 Å². The molecule has 2 aromatic carbocycles. The van der Waals surface area contributed by atoms with E-state index in [4.69, 9.17) is 14.2 Å². The van der Waals surface area contributed by atoms with E-state index >= 15 is 0 Å². The average Bonchev–Trinajstić information content (AvgIpc) is 2.99. The van der Waals surface area contributed by atoms with Crippen molar-refractivity contribution >= 4 is 0 Å². The van der Waals surface area contributed by atoms with Gasteiger partial charge in [0.1, 0.15) is 12.4 Å². The number of hydrogen-bond acceptors (Lipinski definition) is 4. The molecule has 2 aromatic rings. The third-order valence-corrected chi connectivity index (χ3v) is 4.61.